The van der Waals surface area contributed by atoms with E-state index < -0.39 is 17.9 Å². The molecule has 1 unspecified atom stereocenters. The monoisotopic (exact) mass is 461 g/mol. The van der Waals surface area contributed by atoms with Crippen LogP contribution in [0.5, 0.6) is 0 Å². The van der Waals surface area contributed by atoms with E-state index in [1.807, 2.05) is 11.4 Å². The molecule has 0 bridgehead atoms. The van der Waals surface area contributed by atoms with Gasteiger partial charge in [-0.1, -0.05) is 35.8 Å². The second kappa shape index (κ2) is 8.85. The maximum Gasteiger partial charge on any atom is 0.334 e. The minimum Gasteiger partial charge on any atom is -0.430 e. The Morgan fingerprint density at radius 2 is 2.00 bits per heavy atom. The summed E-state index contributed by atoms with van der Waals surface area (Å²) in [5.41, 5.74) is 0.117. The predicted octanol–water partition coefficient (Wildman–Crippen LogP) is 5.24. The van der Waals surface area contributed by atoms with Gasteiger partial charge in [0, 0.05) is 21.2 Å². The van der Waals surface area contributed by atoms with Crippen LogP contribution in [0.3, 0.4) is 0 Å². The number of esters is 1. The first-order valence-electron chi connectivity index (χ1n) is 7.13. The topological polar surface area (TPSA) is 55.4 Å². The van der Waals surface area contributed by atoms with Gasteiger partial charge >= 0.3 is 5.97 Å². The lowest BCUT2D eigenvalue weighted by Crippen LogP contribution is -2.43. The van der Waals surface area contributed by atoms with E-state index in [4.69, 9.17) is 27.9 Å². The number of hydrogen-bond donors (Lipinski definition) is 1. The summed E-state index contributed by atoms with van der Waals surface area (Å²) in [5, 5.41) is 4.95. The third-order valence-electron chi connectivity index (χ3n) is 3.08. The molecule has 1 heterocycles. The molecule has 1 N–H and O–H groups in total. The summed E-state index contributed by atoms with van der Waals surface area (Å²) >= 11 is 16.9. The molecule has 25 heavy (non-hydrogen) atoms. The van der Waals surface area contributed by atoms with Crippen LogP contribution in [-0.4, -0.2) is 17.9 Å². The molecule has 8 heteroatoms. The Morgan fingerprint density at radius 1 is 1.36 bits per heavy atom. The standard InChI is InChI=1S/C17H14BrCl2NO3S/c1-9(2)24-17(23)14(7-11-6-10(18)8-25-11)21-16(22)15-12(19)4-3-5-13(15)20/h3-6,8,14H,1,7H2,2H3,(H,21,22). The van der Waals surface area contributed by atoms with Gasteiger partial charge in [0.25, 0.3) is 5.91 Å². The van der Waals surface area contributed by atoms with E-state index in [-0.39, 0.29) is 27.8 Å². The van der Waals surface area contributed by atoms with Gasteiger partial charge in [-0.3, -0.25) is 4.79 Å². The first-order valence-corrected chi connectivity index (χ1v) is 9.55. The average molecular weight is 463 g/mol. The summed E-state index contributed by atoms with van der Waals surface area (Å²) in [5.74, 6) is -0.907. The smallest absolute Gasteiger partial charge is 0.334 e. The Balaban J connectivity index is 2.24. The molecule has 132 valence electrons. The number of halogens is 3. The van der Waals surface area contributed by atoms with Crippen LogP contribution < -0.4 is 5.32 Å². The number of rotatable bonds is 6. The van der Waals surface area contributed by atoms with Gasteiger partial charge in [0.05, 0.1) is 21.4 Å². The van der Waals surface area contributed by atoms with Crippen molar-refractivity contribution >= 4 is 62.3 Å². The van der Waals surface area contributed by atoms with E-state index in [0.717, 1.165) is 9.35 Å². The first kappa shape index (κ1) is 20.0. The zero-order valence-electron chi connectivity index (χ0n) is 13.1. The number of carbonyl (C=O) groups excluding carboxylic acids is 2. The molecule has 1 aromatic carbocycles. The van der Waals surface area contributed by atoms with Gasteiger partial charge in [-0.2, -0.15) is 0 Å². The van der Waals surface area contributed by atoms with Crippen LogP contribution in [-0.2, 0) is 16.0 Å². The van der Waals surface area contributed by atoms with E-state index in [2.05, 4.69) is 27.8 Å². The molecule has 1 aromatic heterocycles. The molecule has 0 aliphatic rings. The van der Waals surface area contributed by atoms with Crippen LogP contribution in [0.25, 0.3) is 0 Å². The van der Waals surface area contributed by atoms with Crippen molar-refractivity contribution in [1.82, 2.24) is 5.32 Å². The molecule has 2 rings (SSSR count). The summed E-state index contributed by atoms with van der Waals surface area (Å²) in [6.07, 6.45) is 0.274. The van der Waals surface area contributed by atoms with Gasteiger partial charge in [-0.25, -0.2) is 4.79 Å². The van der Waals surface area contributed by atoms with E-state index in [1.54, 1.807) is 25.1 Å². The lowest BCUT2D eigenvalue weighted by Gasteiger charge is -2.18. The van der Waals surface area contributed by atoms with Gasteiger partial charge in [0.1, 0.15) is 6.04 Å². The number of carbonyl (C=O) groups is 2. The van der Waals surface area contributed by atoms with Crippen molar-refractivity contribution in [3.05, 3.63) is 66.9 Å². The highest BCUT2D eigenvalue weighted by Gasteiger charge is 2.26. The SMILES string of the molecule is C=C(C)OC(=O)C(Cc1cc(Br)cs1)NC(=O)c1c(Cl)cccc1Cl. The van der Waals surface area contributed by atoms with Crippen LogP contribution in [0.4, 0.5) is 0 Å². The van der Waals surface area contributed by atoms with Crippen molar-refractivity contribution in [2.75, 3.05) is 0 Å². The highest BCUT2D eigenvalue weighted by atomic mass is 79.9. The molecular formula is C17H14BrCl2NO3S. The summed E-state index contributed by atoms with van der Waals surface area (Å²) < 4.78 is 5.97. The first-order chi connectivity index (χ1) is 11.8. The molecular weight excluding hydrogens is 449 g/mol. The number of ether oxygens (including phenoxy) is 1. The minimum absolute atomic E-state index is 0.117. The lowest BCUT2D eigenvalue weighted by molar-refractivity contribution is -0.141. The van der Waals surface area contributed by atoms with Crippen LogP contribution in [0.2, 0.25) is 10.0 Å². The van der Waals surface area contributed by atoms with E-state index in [0.29, 0.717) is 0 Å². The Hall–Kier alpha value is -1.34. The van der Waals surface area contributed by atoms with E-state index in [1.165, 1.54) is 11.3 Å². The highest BCUT2D eigenvalue weighted by Crippen LogP contribution is 2.25. The number of thiophene rings is 1. The fraction of sp³-hybridized carbons (Fsp3) is 0.176. The van der Waals surface area contributed by atoms with Gasteiger partial charge in [-0.05, 0) is 41.1 Å². The third-order valence-corrected chi connectivity index (χ3v) is 5.43. The number of amides is 1. The maximum atomic E-state index is 12.6. The second-order valence-electron chi connectivity index (χ2n) is 5.18. The number of allylic oxidation sites excluding steroid dienone is 1. The molecule has 2 aromatic rings. The molecule has 4 nitrogen and oxygen atoms in total. The Bertz CT molecular complexity index is 802. The third kappa shape index (κ3) is 5.57. The van der Waals surface area contributed by atoms with Crippen molar-refractivity contribution in [1.29, 1.82) is 0 Å². The largest absolute Gasteiger partial charge is 0.430 e. The van der Waals surface area contributed by atoms with Crippen molar-refractivity contribution in [3.8, 4) is 0 Å². The number of benzene rings is 1. The highest BCUT2D eigenvalue weighted by molar-refractivity contribution is 9.10. The second-order valence-corrected chi connectivity index (χ2v) is 7.91. The Labute approximate surface area is 167 Å². The van der Waals surface area contributed by atoms with Crippen LogP contribution in [0.15, 0.2) is 46.5 Å². The lowest BCUT2D eigenvalue weighted by atomic mass is 10.1. The molecule has 1 atom stereocenters. The number of hydrogen-bond acceptors (Lipinski definition) is 4. The maximum absolute atomic E-state index is 12.6. The van der Waals surface area contributed by atoms with Gasteiger partial charge in [0.15, 0.2) is 0 Å². The molecule has 0 aliphatic carbocycles. The molecule has 0 saturated heterocycles. The molecule has 0 spiro atoms. The Morgan fingerprint density at radius 3 is 2.52 bits per heavy atom. The quantitative estimate of drug-likeness (QED) is 0.472. The molecule has 0 radical (unpaired) electrons. The summed E-state index contributed by atoms with van der Waals surface area (Å²) in [6, 6.07) is 5.72. The molecule has 1 amide bonds. The van der Waals surface area contributed by atoms with Crippen LogP contribution in [0, 0.1) is 0 Å². The summed E-state index contributed by atoms with van der Waals surface area (Å²) in [6.45, 7) is 5.11. The van der Waals surface area contributed by atoms with Gasteiger partial charge in [-0.15, -0.1) is 11.3 Å². The summed E-state index contributed by atoms with van der Waals surface area (Å²) in [7, 11) is 0. The van der Waals surface area contributed by atoms with Gasteiger partial charge < -0.3 is 10.1 Å². The zero-order chi connectivity index (χ0) is 18.6. The average Bonchev–Trinajstić information content (AvgIpc) is 2.91. The van der Waals surface area contributed by atoms with Gasteiger partial charge in [0.2, 0.25) is 0 Å². The Kier molecular flexibility index (Phi) is 7.07. The van der Waals surface area contributed by atoms with Crippen molar-refractivity contribution in [2.45, 2.75) is 19.4 Å². The van der Waals surface area contributed by atoms with Crippen molar-refractivity contribution in [3.63, 3.8) is 0 Å². The number of nitrogens with one attached hydrogen (secondary N) is 1. The molecule has 0 aliphatic heterocycles. The normalized spacial score (nSPS) is 11.7. The minimum atomic E-state index is -0.901. The predicted molar refractivity (Wildman–Crippen MR) is 104 cm³/mol. The summed E-state index contributed by atoms with van der Waals surface area (Å²) in [4.78, 5) is 25.8. The van der Waals surface area contributed by atoms with Crippen molar-refractivity contribution in [2.24, 2.45) is 0 Å². The fourth-order valence-corrected chi connectivity index (χ4v) is 4.11. The molecule has 0 saturated carbocycles. The van der Waals surface area contributed by atoms with Crippen LogP contribution in [0.1, 0.15) is 22.2 Å². The fourth-order valence-electron chi connectivity index (χ4n) is 2.04. The van der Waals surface area contributed by atoms with Crippen molar-refractivity contribution < 1.29 is 14.3 Å². The zero-order valence-corrected chi connectivity index (χ0v) is 17.1. The van der Waals surface area contributed by atoms with E-state index in [9.17, 15) is 9.59 Å². The van der Waals surface area contributed by atoms with Crippen LogP contribution >= 0.6 is 50.5 Å². The van der Waals surface area contributed by atoms with E-state index >= 15 is 0 Å². The molecule has 0 fully saturated rings.